The summed E-state index contributed by atoms with van der Waals surface area (Å²) in [5.74, 6) is 0. The van der Waals surface area contributed by atoms with Gasteiger partial charge in [-0.3, -0.25) is 4.98 Å². The minimum Gasteiger partial charge on any atom is -0.317 e. The molecule has 0 spiro atoms. The lowest BCUT2D eigenvalue weighted by Crippen LogP contribution is -2.23. The number of nitrogens with zero attached hydrogens (tertiary/aromatic N) is 1. The molecule has 78 valence electrons. The third kappa shape index (κ3) is 3.88. The van der Waals surface area contributed by atoms with Crippen LogP contribution in [0.5, 0.6) is 0 Å². The van der Waals surface area contributed by atoms with Crippen molar-refractivity contribution >= 4 is 0 Å². The van der Waals surface area contributed by atoms with Crippen LogP contribution in [-0.4, -0.2) is 18.1 Å². The summed E-state index contributed by atoms with van der Waals surface area (Å²) in [7, 11) is 2.04. The first-order chi connectivity index (χ1) is 6.86. The van der Waals surface area contributed by atoms with Gasteiger partial charge < -0.3 is 5.32 Å². The van der Waals surface area contributed by atoms with Gasteiger partial charge in [0, 0.05) is 17.9 Å². The SMILES string of the molecule is CCC(CCCc1ccccn1)NC. The normalized spacial score (nSPS) is 12.7. The summed E-state index contributed by atoms with van der Waals surface area (Å²) >= 11 is 0. The van der Waals surface area contributed by atoms with E-state index in [1.807, 2.05) is 19.3 Å². The lowest BCUT2D eigenvalue weighted by molar-refractivity contribution is 0.490. The molecule has 0 amide bonds. The number of aryl methyl sites for hydroxylation is 1. The third-order valence-corrected chi connectivity index (χ3v) is 2.61. The Labute approximate surface area is 86.8 Å². The van der Waals surface area contributed by atoms with E-state index < -0.39 is 0 Å². The van der Waals surface area contributed by atoms with Crippen LogP contribution in [0.25, 0.3) is 0 Å². The Morgan fingerprint density at radius 1 is 1.43 bits per heavy atom. The molecule has 0 aliphatic carbocycles. The highest BCUT2D eigenvalue weighted by Crippen LogP contribution is 2.05. The van der Waals surface area contributed by atoms with Gasteiger partial charge in [0.2, 0.25) is 0 Å². The molecule has 2 nitrogen and oxygen atoms in total. The number of hydrogen-bond donors (Lipinski definition) is 1. The van der Waals surface area contributed by atoms with Crippen LogP contribution in [0.15, 0.2) is 24.4 Å². The fourth-order valence-corrected chi connectivity index (χ4v) is 1.63. The predicted octanol–water partition coefficient (Wildman–Crippen LogP) is 2.40. The molecular formula is C12H20N2. The van der Waals surface area contributed by atoms with E-state index in [4.69, 9.17) is 0 Å². The van der Waals surface area contributed by atoms with E-state index in [0.29, 0.717) is 6.04 Å². The van der Waals surface area contributed by atoms with Crippen LogP contribution in [0.3, 0.4) is 0 Å². The Morgan fingerprint density at radius 2 is 2.29 bits per heavy atom. The zero-order valence-corrected chi connectivity index (χ0v) is 9.16. The van der Waals surface area contributed by atoms with Crippen molar-refractivity contribution in [2.75, 3.05) is 7.05 Å². The first-order valence-electron chi connectivity index (χ1n) is 5.44. The zero-order valence-electron chi connectivity index (χ0n) is 9.16. The van der Waals surface area contributed by atoms with E-state index in [1.165, 1.54) is 25.0 Å². The molecule has 0 radical (unpaired) electrons. The Morgan fingerprint density at radius 3 is 2.86 bits per heavy atom. The number of aromatic nitrogens is 1. The maximum Gasteiger partial charge on any atom is 0.0403 e. The molecule has 0 saturated heterocycles. The molecule has 0 aliphatic heterocycles. The molecule has 0 bridgehead atoms. The summed E-state index contributed by atoms with van der Waals surface area (Å²) in [6.45, 7) is 2.22. The van der Waals surface area contributed by atoms with Gasteiger partial charge in [-0.15, -0.1) is 0 Å². The summed E-state index contributed by atoms with van der Waals surface area (Å²) in [6, 6.07) is 6.78. The lowest BCUT2D eigenvalue weighted by atomic mass is 10.1. The standard InChI is InChI=1S/C12H20N2/c1-3-11(13-2)8-6-9-12-7-4-5-10-14-12/h4-5,7,10-11,13H,3,6,8-9H2,1-2H3. The van der Waals surface area contributed by atoms with Crippen molar-refractivity contribution in [3.05, 3.63) is 30.1 Å². The Balaban J connectivity index is 2.21. The predicted molar refractivity (Wildman–Crippen MR) is 60.3 cm³/mol. The minimum absolute atomic E-state index is 0.665. The lowest BCUT2D eigenvalue weighted by Gasteiger charge is -2.12. The van der Waals surface area contributed by atoms with Crippen LogP contribution in [0, 0.1) is 0 Å². The second kappa shape index (κ2) is 6.55. The Hall–Kier alpha value is -0.890. The molecule has 1 atom stereocenters. The van der Waals surface area contributed by atoms with Crippen molar-refractivity contribution < 1.29 is 0 Å². The highest BCUT2D eigenvalue weighted by atomic mass is 14.9. The van der Waals surface area contributed by atoms with Gasteiger partial charge in [-0.2, -0.15) is 0 Å². The highest BCUT2D eigenvalue weighted by Gasteiger charge is 2.02. The van der Waals surface area contributed by atoms with E-state index in [9.17, 15) is 0 Å². The molecule has 0 fully saturated rings. The molecule has 2 heteroatoms. The molecule has 14 heavy (non-hydrogen) atoms. The minimum atomic E-state index is 0.665. The smallest absolute Gasteiger partial charge is 0.0403 e. The van der Waals surface area contributed by atoms with Gasteiger partial charge >= 0.3 is 0 Å². The van der Waals surface area contributed by atoms with E-state index >= 15 is 0 Å². The summed E-state index contributed by atoms with van der Waals surface area (Å²) in [5, 5.41) is 3.32. The van der Waals surface area contributed by atoms with Gasteiger partial charge in [-0.25, -0.2) is 0 Å². The molecule has 1 rings (SSSR count). The highest BCUT2D eigenvalue weighted by molar-refractivity contribution is 5.03. The summed E-state index contributed by atoms with van der Waals surface area (Å²) < 4.78 is 0. The molecule has 0 saturated carbocycles. The molecule has 0 aliphatic rings. The van der Waals surface area contributed by atoms with Gasteiger partial charge in [-0.1, -0.05) is 13.0 Å². The Bertz CT molecular complexity index is 229. The van der Waals surface area contributed by atoms with Crippen molar-refractivity contribution in [3.8, 4) is 0 Å². The molecule has 0 aromatic carbocycles. The van der Waals surface area contributed by atoms with Crippen LogP contribution in [-0.2, 0) is 6.42 Å². The van der Waals surface area contributed by atoms with Crippen molar-refractivity contribution in [1.29, 1.82) is 0 Å². The first-order valence-corrected chi connectivity index (χ1v) is 5.44. The maximum atomic E-state index is 4.31. The van der Waals surface area contributed by atoms with Gasteiger partial charge in [0.1, 0.15) is 0 Å². The monoisotopic (exact) mass is 192 g/mol. The van der Waals surface area contributed by atoms with Gasteiger partial charge in [0.05, 0.1) is 0 Å². The van der Waals surface area contributed by atoms with Crippen molar-refractivity contribution in [3.63, 3.8) is 0 Å². The van der Waals surface area contributed by atoms with Gasteiger partial charge in [0.25, 0.3) is 0 Å². The van der Waals surface area contributed by atoms with Gasteiger partial charge in [-0.05, 0) is 44.9 Å². The Kier molecular flexibility index (Phi) is 5.23. The van der Waals surface area contributed by atoms with Crippen LogP contribution in [0.4, 0.5) is 0 Å². The fourth-order valence-electron chi connectivity index (χ4n) is 1.63. The fraction of sp³-hybridized carbons (Fsp3) is 0.583. The van der Waals surface area contributed by atoms with Crippen molar-refractivity contribution in [2.45, 2.75) is 38.6 Å². The average Bonchev–Trinajstić information content (AvgIpc) is 2.26. The first kappa shape index (κ1) is 11.2. The summed E-state index contributed by atoms with van der Waals surface area (Å²) in [4.78, 5) is 4.31. The molecule has 1 N–H and O–H groups in total. The molecule has 1 aromatic heterocycles. The number of pyridine rings is 1. The summed E-state index contributed by atoms with van der Waals surface area (Å²) in [6.07, 6.45) is 6.63. The summed E-state index contributed by atoms with van der Waals surface area (Å²) in [5.41, 5.74) is 1.21. The second-order valence-corrected chi connectivity index (χ2v) is 3.61. The van der Waals surface area contributed by atoms with Crippen LogP contribution >= 0.6 is 0 Å². The van der Waals surface area contributed by atoms with Gasteiger partial charge in [0.15, 0.2) is 0 Å². The van der Waals surface area contributed by atoms with Crippen LogP contribution in [0.2, 0.25) is 0 Å². The maximum absolute atomic E-state index is 4.31. The number of rotatable bonds is 6. The number of hydrogen-bond acceptors (Lipinski definition) is 2. The van der Waals surface area contributed by atoms with Crippen molar-refractivity contribution in [1.82, 2.24) is 10.3 Å². The van der Waals surface area contributed by atoms with E-state index in [2.05, 4.69) is 29.4 Å². The molecular weight excluding hydrogens is 172 g/mol. The molecule has 1 aromatic rings. The van der Waals surface area contributed by atoms with E-state index in [-0.39, 0.29) is 0 Å². The van der Waals surface area contributed by atoms with E-state index in [0.717, 1.165) is 6.42 Å². The van der Waals surface area contributed by atoms with E-state index in [1.54, 1.807) is 0 Å². The second-order valence-electron chi connectivity index (χ2n) is 3.61. The number of nitrogens with one attached hydrogen (secondary N) is 1. The average molecular weight is 192 g/mol. The molecule has 1 heterocycles. The van der Waals surface area contributed by atoms with Crippen LogP contribution < -0.4 is 5.32 Å². The van der Waals surface area contributed by atoms with Crippen LogP contribution in [0.1, 0.15) is 31.9 Å². The third-order valence-electron chi connectivity index (χ3n) is 2.61. The zero-order chi connectivity index (χ0) is 10.2. The van der Waals surface area contributed by atoms with Crippen molar-refractivity contribution in [2.24, 2.45) is 0 Å². The topological polar surface area (TPSA) is 24.9 Å². The quantitative estimate of drug-likeness (QED) is 0.748. The molecule has 1 unspecified atom stereocenters. The largest absolute Gasteiger partial charge is 0.317 e.